The lowest BCUT2D eigenvalue weighted by Gasteiger charge is -2.32. The normalized spacial score (nSPS) is 30.8. The molecule has 0 spiro atoms. The lowest BCUT2D eigenvalue weighted by Crippen LogP contribution is -2.50. The summed E-state index contributed by atoms with van der Waals surface area (Å²) >= 11 is 1.89. The molecule has 3 nitrogen and oxygen atoms in total. The molecule has 0 aromatic carbocycles. The maximum atomic E-state index is 12.7. The van der Waals surface area contributed by atoms with Crippen LogP contribution >= 0.6 is 11.8 Å². The number of rotatable bonds is 4. The minimum absolute atomic E-state index is 0.239. The van der Waals surface area contributed by atoms with E-state index < -0.39 is 0 Å². The molecule has 0 saturated heterocycles. The number of hydrogen-bond acceptors (Lipinski definition) is 3. The molecule has 4 heteroatoms. The first-order valence-corrected chi connectivity index (χ1v) is 9.04. The first kappa shape index (κ1) is 15.2. The minimum Gasteiger partial charge on any atom is -0.352 e. The average molecular weight is 284 g/mol. The van der Waals surface area contributed by atoms with Gasteiger partial charge in [0, 0.05) is 17.8 Å². The largest absolute Gasteiger partial charge is 0.352 e. The summed E-state index contributed by atoms with van der Waals surface area (Å²) < 4.78 is 0. The molecule has 2 aliphatic carbocycles. The van der Waals surface area contributed by atoms with Gasteiger partial charge in [0.25, 0.3) is 0 Å². The van der Waals surface area contributed by atoms with E-state index in [1.807, 2.05) is 11.8 Å². The Hall–Kier alpha value is -0.220. The highest BCUT2D eigenvalue weighted by Gasteiger charge is 2.39. The predicted octanol–water partition coefficient (Wildman–Crippen LogP) is 2.69. The quantitative estimate of drug-likeness (QED) is 0.780. The number of nitrogens with one attached hydrogen (secondary N) is 1. The molecule has 2 unspecified atom stereocenters. The van der Waals surface area contributed by atoms with E-state index in [0.29, 0.717) is 17.8 Å². The molecule has 2 rings (SSSR count). The second-order valence-corrected chi connectivity index (χ2v) is 7.26. The van der Waals surface area contributed by atoms with Crippen molar-refractivity contribution in [3.63, 3.8) is 0 Å². The summed E-state index contributed by atoms with van der Waals surface area (Å²) in [4.78, 5) is 12.7. The van der Waals surface area contributed by atoms with Crippen LogP contribution < -0.4 is 11.1 Å². The van der Waals surface area contributed by atoms with Crippen LogP contribution in [0.4, 0.5) is 0 Å². The summed E-state index contributed by atoms with van der Waals surface area (Å²) in [7, 11) is 0. The second-order valence-electron chi connectivity index (χ2n) is 6.18. The molecule has 0 bridgehead atoms. The molecule has 2 fully saturated rings. The summed E-state index contributed by atoms with van der Waals surface area (Å²) in [5.74, 6) is 0.239. The molecule has 2 aliphatic rings. The minimum atomic E-state index is -0.276. The van der Waals surface area contributed by atoms with E-state index in [-0.39, 0.29) is 11.3 Å². The first-order valence-electron chi connectivity index (χ1n) is 7.76. The van der Waals surface area contributed by atoms with E-state index in [2.05, 4.69) is 11.6 Å². The fourth-order valence-electron chi connectivity index (χ4n) is 3.62. The SMILES string of the molecule is CSC1CCCC1NC(=O)C1(CN)CCCCCC1. The Kier molecular flexibility index (Phi) is 5.58. The van der Waals surface area contributed by atoms with Crippen molar-refractivity contribution in [1.29, 1.82) is 0 Å². The highest BCUT2D eigenvalue weighted by Crippen LogP contribution is 2.36. The van der Waals surface area contributed by atoms with Gasteiger partial charge in [-0.25, -0.2) is 0 Å². The Balaban J connectivity index is 1.99. The van der Waals surface area contributed by atoms with Crippen LogP contribution in [0.15, 0.2) is 0 Å². The molecule has 3 N–H and O–H groups in total. The van der Waals surface area contributed by atoms with Gasteiger partial charge in [-0.05, 0) is 31.9 Å². The lowest BCUT2D eigenvalue weighted by atomic mass is 9.79. The van der Waals surface area contributed by atoms with E-state index in [4.69, 9.17) is 5.73 Å². The van der Waals surface area contributed by atoms with Crippen LogP contribution in [0.3, 0.4) is 0 Å². The van der Waals surface area contributed by atoms with Gasteiger partial charge in [0.15, 0.2) is 0 Å². The standard InChI is InChI=1S/C15H28N2OS/c1-19-13-8-6-7-12(13)17-14(18)15(11-16)9-4-2-3-5-10-15/h12-13H,2-11,16H2,1H3,(H,17,18). The van der Waals surface area contributed by atoms with Crippen LogP contribution in [0, 0.1) is 5.41 Å². The number of carbonyl (C=O) groups excluding carboxylic acids is 1. The fourth-order valence-corrected chi connectivity index (χ4v) is 4.56. The molecule has 110 valence electrons. The Labute approximate surface area is 121 Å². The summed E-state index contributed by atoms with van der Waals surface area (Å²) in [5, 5.41) is 3.93. The van der Waals surface area contributed by atoms with Crippen LogP contribution in [0.1, 0.15) is 57.8 Å². The van der Waals surface area contributed by atoms with Crippen LogP contribution in [0.25, 0.3) is 0 Å². The molecule has 0 aliphatic heterocycles. The Morgan fingerprint density at radius 2 is 1.89 bits per heavy atom. The molecule has 0 radical (unpaired) electrons. The number of nitrogens with two attached hydrogens (primary N) is 1. The molecule has 0 aromatic rings. The average Bonchev–Trinajstić information content (AvgIpc) is 2.73. The summed E-state index contributed by atoms with van der Waals surface area (Å²) in [6, 6.07) is 0.370. The lowest BCUT2D eigenvalue weighted by molar-refractivity contribution is -0.132. The molecule has 2 saturated carbocycles. The van der Waals surface area contributed by atoms with E-state index in [1.54, 1.807) is 0 Å². The summed E-state index contributed by atoms with van der Waals surface area (Å²) in [6.07, 6.45) is 12.5. The molecule has 1 amide bonds. The van der Waals surface area contributed by atoms with E-state index in [0.717, 1.165) is 32.1 Å². The van der Waals surface area contributed by atoms with Gasteiger partial charge in [-0.3, -0.25) is 4.79 Å². The molecular formula is C15H28N2OS. The Bertz CT molecular complexity index is 301. The topological polar surface area (TPSA) is 55.1 Å². The van der Waals surface area contributed by atoms with Gasteiger partial charge in [0.1, 0.15) is 0 Å². The van der Waals surface area contributed by atoms with Gasteiger partial charge in [0.05, 0.1) is 5.41 Å². The van der Waals surface area contributed by atoms with Crippen molar-refractivity contribution in [1.82, 2.24) is 5.32 Å². The van der Waals surface area contributed by atoms with Gasteiger partial charge in [0.2, 0.25) is 5.91 Å². The maximum Gasteiger partial charge on any atom is 0.227 e. The van der Waals surface area contributed by atoms with Crippen molar-refractivity contribution in [2.24, 2.45) is 11.1 Å². The number of thioether (sulfide) groups is 1. The van der Waals surface area contributed by atoms with E-state index in [9.17, 15) is 4.79 Å². The first-order chi connectivity index (χ1) is 9.22. The fraction of sp³-hybridized carbons (Fsp3) is 0.933. The van der Waals surface area contributed by atoms with Crippen LogP contribution in [-0.4, -0.2) is 30.0 Å². The number of hydrogen-bond donors (Lipinski definition) is 2. The number of carbonyl (C=O) groups is 1. The van der Waals surface area contributed by atoms with Crippen molar-refractivity contribution in [2.45, 2.75) is 69.1 Å². The van der Waals surface area contributed by atoms with Crippen molar-refractivity contribution < 1.29 is 4.79 Å². The molecule has 2 atom stereocenters. The predicted molar refractivity (Wildman–Crippen MR) is 82.3 cm³/mol. The third-order valence-corrected chi connectivity index (χ3v) is 6.17. The van der Waals surface area contributed by atoms with E-state index >= 15 is 0 Å². The molecule has 19 heavy (non-hydrogen) atoms. The van der Waals surface area contributed by atoms with Gasteiger partial charge in [-0.15, -0.1) is 0 Å². The Morgan fingerprint density at radius 1 is 1.21 bits per heavy atom. The van der Waals surface area contributed by atoms with Crippen molar-refractivity contribution >= 4 is 17.7 Å². The Morgan fingerprint density at radius 3 is 2.47 bits per heavy atom. The molecule has 0 aromatic heterocycles. The third kappa shape index (κ3) is 3.46. The van der Waals surface area contributed by atoms with E-state index in [1.165, 1.54) is 25.7 Å². The smallest absolute Gasteiger partial charge is 0.227 e. The van der Waals surface area contributed by atoms with Crippen LogP contribution in [0.5, 0.6) is 0 Å². The third-order valence-electron chi connectivity index (χ3n) is 5.00. The van der Waals surface area contributed by atoms with Crippen LogP contribution in [0.2, 0.25) is 0 Å². The van der Waals surface area contributed by atoms with Gasteiger partial charge < -0.3 is 11.1 Å². The van der Waals surface area contributed by atoms with Gasteiger partial charge >= 0.3 is 0 Å². The van der Waals surface area contributed by atoms with Crippen molar-refractivity contribution in [3.8, 4) is 0 Å². The molecular weight excluding hydrogens is 256 g/mol. The zero-order chi connectivity index (χ0) is 13.7. The zero-order valence-electron chi connectivity index (χ0n) is 12.1. The van der Waals surface area contributed by atoms with Gasteiger partial charge in [-0.1, -0.05) is 32.1 Å². The van der Waals surface area contributed by atoms with Crippen LogP contribution in [-0.2, 0) is 4.79 Å². The van der Waals surface area contributed by atoms with Gasteiger partial charge in [-0.2, -0.15) is 11.8 Å². The highest BCUT2D eigenvalue weighted by atomic mass is 32.2. The van der Waals surface area contributed by atoms with Crippen molar-refractivity contribution in [2.75, 3.05) is 12.8 Å². The second kappa shape index (κ2) is 6.98. The monoisotopic (exact) mass is 284 g/mol. The summed E-state index contributed by atoms with van der Waals surface area (Å²) in [5.41, 5.74) is 5.71. The van der Waals surface area contributed by atoms with Crippen molar-refractivity contribution in [3.05, 3.63) is 0 Å². The number of amides is 1. The maximum absolute atomic E-state index is 12.7. The zero-order valence-corrected chi connectivity index (χ0v) is 12.9. The molecule has 0 heterocycles. The summed E-state index contributed by atoms with van der Waals surface area (Å²) in [6.45, 7) is 0.509. The highest BCUT2D eigenvalue weighted by molar-refractivity contribution is 7.99.